The maximum absolute atomic E-state index is 13.5. The van der Waals surface area contributed by atoms with Gasteiger partial charge >= 0.3 is 22.8 Å². The lowest BCUT2D eigenvalue weighted by Crippen LogP contribution is -2.47. The summed E-state index contributed by atoms with van der Waals surface area (Å²) in [5, 5.41) is -10.4. The van der Waals surface area contributed by atoms with Crippen LogP contribution in [0.5, 0.6) is 0 Å². The first-order chi connectivity index (χ1) is 12.2. The zero-order chi connectivity index (χ0) is 20.6. The Morgan fingerprint density at radius 2 is 1.63 bits per heavy atom. The summed E-state index contributed by atoms with van der Waals surface area (Å²) in [6.45, 7) is 0. The fourth-order valence-corrected chi connectivity index (χ4v) is 3.13. The molecule has 13 heteroatoms. The minimum Gasteiger partial charge on any atom is -0.453 e. The SMILES string of the molecule is O=C1C=C[C@H]([C@H](NS(=O)C(F)(F)C(F)(F)Cl)c2ccc(C(F)(F)F)cc2)O1. The number of alkyl halides is 8. The molecule has 1 N–H and O–H groups in total. The standard InChI is InChI=1S/C14H9ClF7NO3S/c15-13(19,20)14(21,22)27(25)23-11(9-5-6-10(24)26-9)7-1-3-8(4-2-7)12(16,17)18/h1-6,9,11,23H/t9-,11-,27?/m1/s1. The molecule has 0 spiro atoms. The molecule has 3 atom stereocenters. The van der Waals surface area contributed by atoms with Gasteiger partial charge in [-0.25, -0.2) is 13.7 Å². The van der Waals surface area contributed by atoms with Crippen LogP contribution in [0, 0.1) is 0 Å². The van der Waals surface area contributed by atoms with Gasteiger partial charge in [-0.05, 0) is 35.4 Å². The minimum atomic E-state index is -5.22. The molecule has 0 saturated carbocycles. The molecule has 0 aromatic heterocycles. The van der Waals surface area contributed by atoms with Crippen LogP contribution in [0.2, 0.25) is 0 Å². The summed E-state index contributed by atoms with van der Waals surface area (Å²) in [7, 11) is -3.77. The van der Waals surface area contributed by atoms with E-state index < -0.39 is 51.5 Å². The van der Waals surface area contributed by atoms with Crippen molar-refractivity contribution in [1.29, 1.82) is 0 Å². The third kappa shape index (κ3) is 4.79. The number of benzene rings is 1. The van der Waals surface area contributed by atoms with Gasteiger partial charge in [-0.1, -0.05) is 12.1 Å². The second kappa shape index (κ2) is 7.40. The molecular weight excluding hydrogens is 431 g/mol. The number of hydrogen-bond donors (Lipinski definition) is 1. The van der Waals surface area contributed by atoms with Gasteiger partial charge in [0, 0.05) is 6.08 Å². The van der Waals surface area contributed by atoms with Crippen LogP contribution in [-0.4, -0.2) is 26.9 Å². The Morgan fingerprint density at radius 3 is 2.04 bits per heavy atom. The van der Waals surface area contributed by atoms with E-state index in [0.29, 0.717) is 12.1 Å². The van der Waals surface area contributed by atoms with Crippen molar-refractivity contribution >= 4 is 28.6 Å². The van der Waals surface area contributed by atoms with Gasteiger partial charge in [0.25, 0.3) is 0 Å². The molecular formula is C14H9ClF7NO3S. The normalized spacial score (nSPS) is 20.4. The number of rotatable bonds is 6. The highest BCUT2D eigenvalue weighted by Gasteiger charge is 2.61. The average molecular weight is 440 g/mol. The van der Waals surface area contributed by atoms with E-state index in [1.165, 1.54) is 0 Å². The zero-order valence-corrected chi connectivity index (χ0v) is 14.3. The fraction of sp³-hybridized carbons (Fsp3) is 0.357. The largest absolute Gasteiger partial charge is 0.453 e. The average Bonchev–Trinajstić information content (AvgIpc) is 2.96. The highest BCUT2D eigenvalue weighted by molar-refractivity contribution is 7.84. The number of halogens is 8. The van der Waals surface area contributed by atoms with Crippen molar-refractivity contribution in [1.82, 2.24) is 4.72 Å². The molecule has 27 heavy (non-hydrogen) atoms. The highest BCUT2D eigenvalue weighted by atomic mass is 35.5. The third-order valence-electron chi connectivity index (χ3n) is 3.40. The van der Waals surface area contributed by atoms with E-state index in [-0.39, 0.29) is 5.56 Å². The number of carbonyl (C=O) groups is 1. The smallest absolute Gasteiger partial charge is 0.416 e. The van der Waals surface area contributed by atoms with Crippen molar-refractivity contribution in [3.63, 3.8) is 0 Å². The summed E-state index contributed by atoms with van der Waals surface area (Å²) < 4.78 is 108. The maximum atomic E-state index is 13.5. The molecule has 1 aromatic rings. The zero-order valence-electron chi connectivity index (χ0n) is 12.8. The monoisotopic (exact) mass is 439 g/mol. The molecule has 0 saturated heterocycles. The second-order valence-corrected chi connectivity index (χ2v) is 7.02. The van der Waals surface area contributed by atoms with E-state index in [9.17, 15) is 39.7 Å². The summed E-state index contributed by atoms with van der Waals surface area (Å²) >= 11 is 4.26. The van der Waals surface area contributed by atoms with Crippen molar-refractivity contribution in [2.24, 2.45) is 0 Å². The van der Waals surface area contributed by atoms with E-state index >= 15 is 0 Å². The second-order valence-electron chi connectivity index (χ2n) is 5.26. The molecule has 0 amide bonds. The molecule has 0 fully saturated rings. The van der Waals surface area contributed by atoms with Gasteiger partial charge in [0.15, 0.2) is 11.0 Å². The van der Waals surface area contributed by atoms with Crippen molar-refractivity contribution in [2.75, 3.05) is 0 Å². The van der Waals surface area contributed by atoms with Gasteiger partial charge in [0.05, 0.1) is 11.6 Å². The molecule has 1 unspecified atom stereocenters. The summed E-state index contributed by atoms with van der Waals surface area (Å²) in [6.07, 6.45) is -4.12. The minimum absolute atomic E-state index is 0.172. The summed E-state index contributed by atoms with van der Waals surface area (Å²) in [4.78, 5) is 11.2. The van der Waals surface area contributed by atoms with Crippen LogP contribution < -0.4 is 4.72 Å². The molecule has 2 rings (SSSR count). The number of cyclic esters (lactones) is 1. The van der Waals surface area contributed by atoms with Crippen LogP contribution in [0.25, 0.3) is 0 Å². The van der Waals surface area contributed by atoms with Gasteiger partial charge in [0.1, 0.15) is 6.10 Å². The van der Waals surface area contributed by atoms with Crippen molar-refractivity contribution < 1.29 is 44.5 Å². The molecule has 150 valence electrons. The number of esters is 1. The summed E-state index contributed by atoms with van der Waals surface area (Å²) in [5.41, 5.74) is -1.24. The topological polar surface area (TPSA) is 55.4 Å². The van der Waals surface area contributed by atoms with Gasteiger partial charge < -0.3 is 4.74 Å². The third-order valence-corrected chi connectivity index (χ3v) is 4.94. The van der Waals surface area contributed by atoms with Crippen LogP contribution >= 0.6 is 11.6 Å². The lowest BCUT2D eigenvalue weighted by molar-refractivity contribution is -0.139. The van der Waals surface area contributed by atoms with Gasteiger partial charge in [-0.3, -0.25) is 0 Å². The van der Waals surface area contributed by atoms with Crippen molar-refractivity contribution in [2.45, 2.75) is 29.0 Å². The van der Waals surface area contributed by atoms with Crippen molar-refractivity contribution in [3.8, 4) is 0 Å². The first kappa shape index (κ1) is 21.6. The molecule has 1 heterocycles. The Kier molecular flexibility index (Phi) is 5.93. The Bertz CT molecular complexity index is 761. The van der Waals surface area contributed by atoms with E-state index in [2.05, 4.69) is 11.6 Å². The Labute approximate surface area is 154 Å². The van der Waals surface area contributed by atoms with Crippen LogP contribution in [0.1, 0.15) is 17.2 Å². The molecule has 0 radical (unpaired) electrons. The van der Waals surface area contributed by atoms with Gasteiger partial charge in [-0.15, -0.1) is 0 Å². The molecule has 0 bridgehead atoms. The van der Waals surface area contributed by atoms with Crippen LogP contribution in [-0.2, 0) is 26.7 Å². The molecule has 1 aliphatic rings. The Balaban J connectivity index is 2.34. The first-order valence-corrected chi connectivity index (χ1v) is 8.45. The molecule has 1 aliphatic heterocycles. The molecule has 1 aromatic carbocycles. The molecule has 4 nitrogen and oxygen atoms in total. The number of nitrogens with one attached hydrogen (secondary N) is 1. The number of carbonyl (C=O) groups excluding carboxylic acids is 1. The van der Waals surface area contributed by atoms with Gasteiger partial charge in [-0.2, -0.15) is 30.7 Å². The summed E-state index contributed by atoms with van der Waals surface area (Å²) in [5.74, 6) is -0.904. The predicted octanol–water partition coefficient (Wildman–Crippen LogP) is 3.91. The van der Waals surface area contributed by atoms with Crippen molar-refractivity contribution in [3.05, 3.63) is 47.5 Å². The van der Waals surface area contributed by atoms with Crippen LogP contribution in [0.3, 0.4) is 0 Å². The lowest BCUT2D eigenvalue weighted by Gasteiger charge is -2.27. The van der Waals surface area contributed by atoms with E-state index in [1.54, 1.807) is 4.72 Å². The number of hydrogen-bond acceptors (Lipinski definition) is 3. The lowest BCUT2D eigenvalue weighted by atomic mass is 10.0. The first-order valence-electron chi connectivity index (χ1n) is 6.92. The van der Waals surface area contributed by atoms with E-state index in [1.807, 2.05) is 0 Å². The molecule has 0 aliphatic carbocycles. The Morgan fingerprint density at radius 1 is 1.07 bits per heavy atom. The highest BCUT2D eigenvalue weighted by Crippen LogP contribution is 2.40. The quantitative estimate of drug-likeness (QED) is 0.415. The maximum Gasteiger partial charge on any atom is 0.416 e. The Hall–Kier alpha value is -1.66. The summed E-state index contributed by atoms with van der Waals surface area (Å²) in [6, 6.07) is 1.27. The van der Waals surface area contributed by atoms with Gasteiger partial charge in [0.2, 0.25) is 0 Å². The predicted molar refractivity (Wildman–Crippen MR) is 80.2 cm³/mol. The van der Waals surface area contributed by atoms with Crippen LogP contribution in [0.4, 0.5) is 30.7 Å². The fourth-order valence-electron chi connectivity index (χ4n) is 2.06. The van der Waals surface area contributed by atoms with E-state index in [4.69, 9.17) is 4.74 Å². The number of ether oxygens (including phenoxy) is 1. The van der Waals surface area contributed by atoms with E-state index in [0.717, 1.165) is 24.3 Å². The van der Waals surface area contributed by atoms with Crippen LogP contribution in [0.15, 0.2) is 36.4 Å².